The van der Waals surface area contributed by atoms with Crippen LogP contribution in [0, 0.1) is 5.82 Å². The summed E-state index contributed by atoms with van der Waals surface area (Å²) in [7, 11) is 0. The average Bonchev–Trinajstić information content (AvgIpc) is 2.97. The first kappa shape index (κ1) is 18.2. The number of benzene rings is 2. The molecule has 1 heterocycles. The number of hydrogen-bond donors (Lipinski definition) is 1. The molecule has 7 heteroatoms. The molecular weight excluding hydrogens is 357 g/mol. The predicted octanol–water partition coefficient (Wildman–Crippen LogP) is 3.08. The number of urea groups is 1. The Hall–Kier alpha value is -2.60. The molecule has 2 aromatic rings. The molecule has 0 bridgehead atoms. The van der Waals surface area contributed by atoms with Crippen molar-refractivity contribution < 1.29 is 14.0 Å². The highest BCUT2D eigenvalue weighted by Gasteiger charge is 2.30. The molecule has 0 radical (unpaired) electrons. The zero-order valence-electron chi connectivity index (χ0n) is 14.1. The molecule has 0 saturated carbocycles. The molecule has 26 heavy (non-hydrogen) atoms. The molecule has 1 aliphatic heterocycles. The van der Waals surface area contributed by atoms with Gasteiger partial charge in [-0.25, -0.2) is 9.18 Å². The number of nitrogens with zero attached hydrogens (tertiary/aromatic N) is 2. The summed E-state index contributed by atoms with van der Waals surface area (Å²) >= 11 is 5.97. The molecule has 0 spiro atoms. The van der Waals surface area contributed by atoms with E-state index in [-0.39, 0.29) is 24.3 Å². The SMILES string of the molecule is O=C(CN1CCN(c2cccc(Cl)c2)C1=O)NCCc1ccc(F)cc1. The van der Waals surface area contributed by atoms with Gasteiger partial charge in [-0.1, -0.05) is 29.8 Å². The normalized spacial score (nSPS) is 14.0. The number of carbonyl (C=O) groups excluding carboxylic acids is 2. The van der Waals surface area contributed by atoms with E-state index < -0.39 is 0 Å². The van der Waals surface area contributed by atoms with Gasteiger partial charge in [-0.2, -0.15) is 0 Å². The Kier molecular flexibility index (Phi) is 5.73. The van der Waals surface area contributed by atoms with Gasteiger partial charge in [0, 0.05) is 30.3 Å². The van der Waals surface area contributed by atoms with Crippen LogP contribution in [0.2, 0.25) is 5.02 Å². The highest BCUT2D eigenvalue weighted by Crippen LogP contribution is 2.23. The lowest BCUT2D eigenvalue weighted by Gasteiger charge is -2.18. The third kappa shape index (κ3) is 4.52. The van der Waals surface area contributed by atoms with Crippen molar-refractivity contribution in [1.82, 2.24) is 10.2 Å². The van der Waals surface area contributed by atoms with Crippen LogP contribution in [0.4, 0.5) is 14.9 Å². The van der Waals surface area contributed by atoms with Crippen molar-refractivity contribution in [3.63, 3.8) is 0 Å². The molecule has 1 saturated heterocycles. The number of amides is 3. The first-order valence-electron chi connectivity index (χ1n) is 8.36. The Bertz CT molecular complexity index is 798. The Balaban J connectivity index is 1.47. The molecule has 3 amide bonds. The lowest BCUT2D eigenvalue weighted by Crippen LogP contribution is -2.40. The van der Waals surface area contributed by atoms with Crippen LogP contribution >= 0.6 is 11.6 Å². The average molecular weight is 376 g/mol. The number of anilines is 1. The number of carbonyl (C=O) groups is 2. The van der Waals surface area contributed by atoms with Crippen LogP contribution in [0.3, 0.4) is 0 Å². The van der Waals surface area contributed by atoms with Crippen LogP contribution in [-0.4, -0.2) is 43.0 Å². The molecule has 136 valence electrons. The summed E-state index contributed by atoms with van der Waals surface area (Å²) in [5, 5.41) is 3.35. The van der Waals surface area contributed by atoms with Gasteiger partial charge in [0.25, 0.3) is 0 Å². The maximum Gasteiger partial charge on any atom is 0.325 e. The molecule has 2 aromatic carbocycles. The van der Waals surface area contributed by atoms with E-state index in [0.29, 0.717) is 31.1 Å². The van der Waals surface area contributed by atoms with Gasteiger partial charge >= 0.3 is 6.03 Å². The standard InChI is InChI=1S/C19H19ClFN3O2/c20-15-2-1-3-17(12-15)24-11-10-23(19(24)26)13-18(25)22-9-8-14-4-6-16(21)7-5-14/h1-7,12H,8-11,13H2,(H,22,25). The minimum atomic E-state index is -0.283. The minimum Gasteiger partial charge on any atom is -0.354 e. The lowest BCUT2D eigenvalue weighted by molar-refractivity contribution is -0.121. The Morgan fingerprint density at radius 1 is 1.15 bits per heavy atom. The van der Waals surface area contributed by atoms with Crippen molar-refractivity contribution in [3.05, 3.63) is 64.9 Å². The van der Waals surface area contributed by atoms with E-state index >= 15 is 0 Å². The predicted molar refractivity (Wildman–Crippen MR) is 98.9 cm³/mol. The van der Waals surface area contributed by atoms with E-state index in [1.807, 2.05) is 6.07 Å². The van der Waals surface area contributed by atoms with Gasteiger partial charge in [0.05, 0.1) is 0 Å². The van der Waals surface area contributed by atoms with Gasteiger partial charge < -0.3 is 10.2 Å². The smallest absolute Gasteiger partial charge is 0.325 e. The molecule has 1 N–H and O–H groups in total. The van der Waals surface area contributed by atoms with Gasteiger partial charge in [0.2, 0.25) is 5.91 Å². The van der Waals surface area contributed by atoms with E-state index in [4.69, 9.17) is 11.6 Å². The van der Waals surface area contributed by atoms with Crippen LogP contribution < -0.4 is 10.2 Å². The lowest BCUT2D eigenvalue weighted by atomic mass is 10.1. The molecule has 0 unspecified atom stereocenters. The number of nitrogens with one attached hydrogen (secondary N) is 1. The van der Waals surface area contributed by atoms with Gasteiger partial charge in [-0.15, -0.1) is 0 Å². The molecule has 0 aliphatic carbocycles. The molecule has 3 rings (SSSR count). The summed E-state index contributed by atoms with van der Waals surface area (Å²) in [5.41, 5.74) is 1.66. The second-order valence-corrected chi connectivity index (χ2v) is 6.50. The summed E-state index contributed by atoms with van der Waals surface area (Å²) in [6.45, 7) is 1.45. The highest BCUT2D eigenvalue weighted by atomic mass is 35.5. The van der Waals surface area contributed by atoms with E-state index in [1.54, 1.807) is 35.2 Å². The van der Waals surface area contributed by atoms with Crippen molar-refractivity contribution >= 4 is 29.2 Å². The molecule has 1 fully saturated rings. The first-order chi connectivity index (χ1) is 12.5. The highest BCUT2D eigenvalue weighted by molar-refractivity contribution is 6.30. The zero-order valence-corrected chi connectivity index (χ0v) is 14.9. The molecular formula is C19H19ClFN3O2. The summed E-state index contributed by atoms with van der Waals surface area (Å²) in [6, 6.07) is 13.0. The van der Waals surface area contributed by atoms with Gasteiger partial charge in [-0.3, -0.25) is 9.69 Å². The molecule has 5 nitrogen and oxygen atoms in total. The molecule has 0 atom stereocenters. The number of hydrogen-bond acceptors (Lipinski definition) is 2. The van der Waals surface area contributed by atoms with E-state index in [1.165, 1.54) is 17.0 Å². The largest absolute Gasteiger partial charge is 0.354 e. The monoisotopic (exact) mass is 375 g/mol. The first-order valence-corrected chi connectivity index (χ1v) is 8.74. The van der Waals surface area contributed by atoms with Crippen LogP contribution in [0.25, 0.3) is 0 Å². The summed E-state index contributed by atoms with van der Waals surface area (Å²) in [6.07, 6.45) is 0.606. The zero-order chi connectivity index (χ0) is 18.5. The maximum atomic E-state index is 12.9. The van der Waals surface area contributed by atoms with Crippen molar-refractivity contribution in [2.24, 2.45) is 0 Å². The van der Waals surface area contributed by atoms with Crippen molar-refractivity contribution in [1.29, 1.82) is 0 Å². The second-order valence-electron chi connectivity index (χ2n) is 6.06. The van der Waals surface area contributed by atoms with Gasteiger partial charge in [0.1, 0.15) is 12.4 Å². The van der Waals surface area contributed by atoms with Crippen LogP contribution in [-0.2, 0) is 11.2 Å². The van der Waals surface area contributed by atoms with Crippen molar-refractivity contribution in [2.45, 2.75) is 6.42 Å². The topological polar surface area (TPSA) is 52.7 Å². The quantitative estimate of drug-likeness (QED) is 0.843. The van der Waals surface area contributed by atoms with E-state index in [2.05, 4.69) is 5.32 Å². The number of rotatable bonds is 6. The fourth-order valence-corrected chi connectivity index (χ4v) is 3.02. The molecule has 1 aliphatic rings. The third-order valence-corrected chi connectivity index (χ3v) is 4.43. The Morgan fingerprint density at radius 3 is 2.65 bits per heavy atom. The summed E-state index contributed by atoms with van der Waals surface area (Å²) < 4.78 is 12.9. The summed E-state index contributed by atoms with van der Waals surface area (Å²) in [5.74, 6) is -0.497. The fraction of sp³-hybridized carbons (Fsp3) is 0.263. The number of halogens is 2. The van der Waals surface area contributed by atoms with Crippen LogP contribution in [0.5, 0.6) is 0 Å². The van der Waals surface area contributed by atoms with Crippen molar-refractivity contribution in [2.75, 3.05) is 31.1 Å². The Labute approximate surface area is 156 Å². The van der Waals surface area contributed by atoms with Crippen molar-refractivity contribution in [3.8, 4) is 0 Å². The van der Waals surface area contributed by atoms with Crippen LogP contribution in [0.1, 0.15) is 5.56 Å². The van der Waals surface area contributed by atoms with Gasteiger partial charge in [0.15, 0.2) is 0 Å². The molecule has 0 aromatic heterocycles. The fourth-order valence-electron chi connectivity index (χ4n) is 2.84. The Morgan fingerprint density at radius 2 is 1.92 bits per heavy atom. The minimum absolute atomic E-state index is 0.0132. The third-order valence-electron chi connectivity index (χ3n) is 4.20. The van der Waals surface area contributed by atoms with E-state index in [0.717, 1.165) is 11.3 Å². The second kappa shape index (κ2) is 8.19. The summed E-state index contributed by atoms with van der Waals surface area (Å²) in [4.78, 5) is 27.7. The van der Waals surface area contributed by atoms with E-state index in [9.17, 15) is 14.0 Å². The maximum absolute atomic E-state index is 12.9. The van der Waals surface area contributed by atoms with Gasteiger partial charge in [-0.05, 0) is 42.3 Å². The van der Waals surface area contributed by atoms with Crippen LogP contribution in [0.15, 0.2) is 48.5 Å².